The molecule has 0 rings (SSSR count). The molecule has 0 N–H and O–H groups in total. The van der Waals surface area contributed by atoms with Crippen LogP contribution in [0.4, 0.5) is 0 Å². The van der Waals surface area contributed by atoms with Gasteiger partial charge < -0.3 is 14.2 Å². The summed E-state index contributed by atoms with van der Waals surface area (Å²) in [6.07, 6.45) is 77.9. The highest BCUT2D eigenvalue weighted by Crippen LogP contribution is 2.18. The number of rotatable bonds is 61. The Balaban J connectivity index is 3.90. The molecule has 0 aliphatic heterocycles. The van der Waals surface area contributed by atoms with Crippen molar-refractivity contribution in [3.8, 4) is 0 Å². The minimum atomic E-state index is -0.782. The molecule has 0 saturated heterocycles. The first-order valence-electron chi connectivity index (χ1n) is 33.0. The fourth-order valence-electron chi connectivity index (χ4n) is 9.99. The van der Waals surface area contributed by atoms with Crippen LogP contribution in [0.2, 0.25) is 0 Å². The maximum Gasteiger partial charge on any atom is 0.306 e. The molecule has 0 radical (unpaired) electrons. The lowest BCUT2D eigenvalue weighted by Gasteiger charge is -2.18. The summed E-state index contributed by atoms with van der Waals surface area (Å²) in [5.74, 6) is -0.897. The summed E-state index contributed by atoms with van der Waals surface area (Å²) in [6.45, 7) is 6.52. The van der Waals surface area contributed by atoms with Crippen LogP contribution in [0.3, 0.4) is 0 Å². The summed E-state index contributed by atoms with van der Waals surface area (Å²) in [6, 6.07) is 0. The third-order valence-electron chi connectivity index (χ3n) is 14.9. The van der Waals surface area contributed by atoms with E-state index in [0.717, 1.165) is 83.5 Å². The van der Waals surface area contributed by atoms with Gasteiger partial charge in [-0.2, -0.15) is 0 Å². The highest BCUT2D eigenvalue weighted by atomic mass is 16.6. The molecule has 0 fully saturated rings. The zero-order chi connectivity index (χ0) is 53.6. The maximum absolute atomic E-state index is 12.8. The van der Waals surface area contributed by atoms with Crippen LogP contribution in [0.5, 0.6) is 0 Å². The van der Waals surface area contributed by atoms with Crippen molar-refractivity contribution in [3.63, 3.8) is 0 Å². The molecule has 0 aliphatic carbocycles. The van der Waals surface area contributed by atoms with Gasteiger partial charge in [0.15, 0.2) is 6.10 Å². The zero-order valence-electron chi connectivity index (χ0n) is 49.9. The van der Waals surface area contributed by atoms with Crippen molar-refractivity contribution in [2.45, 2.75) is 367 Å². The third-order valence-corrected chi connectivity index (χ3v) is 14.9. The van der Waals surface area contributed by atoms with Crippen LogP contribution in [0.25, 0.3) is 0 Å². The first-order chi connectivity index (χ1) is 36.5. The molecule has 1 atom stereocenters. The summed E-state index contributed by atoms with van der Waals surface area (Å²) in [7, 11) is 0. The van der Waals surface area contributed by atoms with Gasteiger partial charge in [-0.25, -0.2) is 0 Å². The monoisotopic (exact) mass is 1040 g/mol. The Morgan fingerprint density at radius 2 is 0.527 bits per heavy atom. The average molecular weight is 1040 g/mol. The van der Waals surface area contributed by atoms with Crippen molar-refractivity contribution in [2.24, 2.45) is 0 Å². The number of allylic oxidation sites excluding steroid dienone is 6. The van der Waals surface area contributed by atoms with E-state index in [1.54, 1.807) is 0 Å². The van der Waals surface area contributed by atoms with Gasteiger partial charge in [0, 0.05) is 19.3 Å². The van der Waals surface area contributed by atoms with Gasteiger partial charge in [-0.05, 0) is 51.4 Å². The molecule has 0 aromatic carbocycles. The molecule has 0 bridgehead atoms. The maximum atomic E-state index is 12.8. The second-order valence-electron chi connectivity index (χ2n) is 22.4. The van der Waals surface area contributed by atoms with E-state index in [1.165, 1.54) is 238 Å². The molecule has 74 heavy (non-hydrogen) atoms. The van der Waals surface area contributed by atoms with E-state index < -0.39 is 6.10 Å². The lowest BCUT2D eigenvalue weighted by molar-refractivity contribution is -0.167. The van der Waals surface area contributed by atoms with E-state index in [-0.39, 0.29) is 31.1 Å². The summed E-state index contributed by atoms with van der Waals surface area (Å²) in [5.41, 5.74) is 0. The summed E-state index contributed by atoms with van der Waals surface area (Å²) >= 11 is 0. The smallest absolute Gasteiger partial charge is 0.306 e. The fraction of sp³-hybridized carbons (Fsp3) is 0.868. The van der Waals surface area contributed by atoms with Crippen LogP contribution in [-0.4, -0.2) is 37.2 Å². The van der Waals surface area contributed by atoms with Gasteiger partial charge in [0.2, 0.25) is 0 Å². The van der Waals surface area contributed by atoms with Gasteiger partial charge in [0.1, 0.15) is 13.2 Å². The first-order valence-corrected chi connectivity index (χ1v) is 33.0. The predicted octanol–water partition coefficient (Wildman–Crippen LogP) is 22.4. The van der Waals surface area contributed by atoms with Crippen molar-refractivity contribution >= 4 is 17.9 Å². The quantitative estimate of drug-likeness (QED) is 0.0261. The second-order valence-corrected chi connectivity index (χ2v) is 22.4. The zero-order valence-corrected chi connectivity index (χ0v) is 49.9. The molecular weight excluding hydrogens is 913 g/mol. The normalized spacial score (nSPS) is 12.2. The number of hydrogen-bond acceptors (Lipinski definition) is 6. The lowest BCUT2D eigenvalue weighted by Crippen LogP contribution is -2.30. The molecule has 434 valence electrons. The number of hydrogen-bond donors (Lipinski definition) is 0. The standard InChI is InChI=1S/C68H126O6/c1-4-7-10-13-16-19-21-23-24-25-26-27-28-29-30-31-32-33-34-35-36-37-38-39-40-41-42-43-44-46-47-49-52-55-58-61-67(70)73-64-65(63-72-66(69)60-57-54-51-18-15-12-9-6-3)74-68(71)62-59-56-53-50-48-45-22-20-17-14-11-8-5-2/h8,11,17,20,45,48,65H,4-7,9-10,12-16,18-19,21-44,46-47,49-64H2,1-3H3/b11-8-,20-17-,48-45-. The Morgan fingerprint density at radius 1 is 0.284 bits per heavy atom. The highest BCUT2D eigenvalue weighted by molar-refractivity contribution is 5.71. The lowest BCUT2D eigenvalue weighted by atomic mass is 10.0. The second kappa shape index (κ2) is 63.2. The van der Waals surface area contributed by atoms with Crippen molar-refractivity contribution in [1.82, 2.24) is 0 Å². The molecule has 1 unspecified atom stereocenters. The number of ether oxygens (including phenoxy) is 3. The topological polar surface area (TPSA) is 78.9 Å². The van der Waals surface area contributed by atoms with Gasteiger partial charge >= 0.3 is 17.9 Å². The van der Waals surface area contributed by atoms with Gasteiger partial charge in [-0.3, -0.25) is 14.4 Å². The van der Waals surface area contributed by atoms with Crippen LogP contribution in [0.15, 0.2) is 36.5 Å². The molecule has 0 aromatic rings. The Bertz CT molecular complexity index is 1240. The summed E-state index contributed by atoms with van der Waals surface area (Å²) < 4.78 is 16.8. The Morgan fingerprint density at radius 3 is 0.824 bits per heavy atom. The minimum Gasteiger partial charge on any atom is -0.462 e. The number of esters is 3. The predicted molar refractivity (Wildman–Crippen MR) is 321 cm³/mol. The van der Waals surface area contributed by atoms with E-state index in [9.17, 15) is 14.4 Å². The van der Waals surface area contributed by atoms with E-state index in [0.29, 0.717) is 19.3 Å². The number of unbranched alkanes of at least 4 members (excludes halogenated alkanes) is 44. The molecule has 6 nitrogen and oxygen atoms in total. The van der Waals surface area contributed by atoms with E-state index in [4.69, 9.17) is 14.2 Å². The van der Waals surface area contributed by atoms with Crippen LogP contribution >= 0.6 is 0 Å². The van der Waals surface area contributed by atoms with Crippen molar-refractivity contribution < 1.29 is 28.6 Å². The SMILES string of the molecule is CC/C=C\C/C=C\C/C=C\CCCCCC(=O)OC(COC(=O)CCCCCCCCCC)COC(=O)CCCCCCCCCCCCCCCCCCCCCCCCCCCCCCCCCCCCC. The van der Waals surface area contributed by atoms with Gasteiger partial charge in [0.05, 0.1) is 0 Å². The van der Waals surface area contributed by atoms with Crippen molar-refractivity contribution in [2.75, 3.05) is 13.2 Å². The Labute approximate surface area is 461 Å². The molecule has 0 amide bonds. The molecule has 0 aromatic heterocycles. The fourth-order valence-corrected chi connectivity index (χ4v) is 9.99. The molecule has 0 saturated carbocycles. The Kier molecular flexibility index (Phi) is 61.1. The first kappa shape index (κ1) is 71.6. The summed E-state index contributed by atoms with van der Waals surface area (Å²) in [5, 5.41) is 0. The van der Waals surface area contributed by atoms with Crippen LogP contribution in [-0.2, 0) is 28.6 Å². The van der Waals surface area contributed by atoms with E-state index in [1.807, 2.05) is 0 Å². The number of carbonyl (C=O) groups is 3. The van der Waals surface area contributed by atoms with Gasteiger partial charge in [0.25, 0.3) is 0 Å². The van der Waals surface area contributed by atoms with Crippen molar-refractivity contribution in [3.05, 3.63) is 36.5 Å². The van der Waals surface area contributed by atoms with Gasteiger partial charge in [-0.15, -0.1) is 0 Å². The molecule has 0 heterocycles. The molecule has 0 aliphatic rings. The van der Waals surface area contributed by atoms with Crippen LogP contribution < -0.4 is 0 Å². The van der Waals surface area contributed by atoms with E-state index >= 15 is 0 Å². The molecule has 6 heteroatoms. The van der Waals surface area contributed by atoms with Crippen LogP contribution in [0.1, 0.15) is 361 Å². The van der Waals surface area contributed by atoms with Crippen molar-refractivity contribution in [1.29, 1.82) is 0 Å². The Hall–Kier alpha value is -2.37. The van der Waals surface area contributed by atoms with Gasteiger partial charge in [-0.1, -0.05) is 327 Å². The molecule has 0 spiro atoms. The highest BCUT2D eigenvalue weighted by Gasteiger charge is 2.19. The number of carbonyl (C=O) groups excluding carboxylic acids is 3. The average Bonchev–Trinajstić information content (AvgIpc) is 3.40. The third kappa shape index (κ3) is 60.5. The largest absolute Gasteiger partial charge is 0.462 e. The summed E-state index contributed by atoms with van der Waals surface area (Å²) in [4.78, 5) is 38.0. The minimum absolute atomic E-state index is 0.0799. The van der Waals surface area contributed by atoms with Crippen LogP contribution in [0, 0.1) is 0 Å². The molecular formula is C68H126O6. The van der Waals surface area contributed by atoms with E-state index in [2.05, 4.69) is 57.2 Å².